The van der Waals surface area contributed by atoms with Crippen molar-refractivity contribution in [3.8, 4) is 12.1 Å². The maximum atomic E-state index is 13.2. The van der Waals surface area contributed by atoms with Gasteiger partial charge in [0.15, 0.2) is 0 Å². The van der Waals surface area contributed by atoms with Crippen LogP contribution in [-0.4, -0.2) is 11.4 Å². The number of carbonyl (C=O) groups is 1. The first kappa shape index (κ1) is 16.3. The van der Waals surface area contributed by atoms with Crippen LogP contribution in [0.3, 0.4) is 0 Å². The van der Waals surface area contributed by atoms with Crippen molar-refractivity contribution in [3.05, 3.63) is 34.4 Å². The first-order valence-electron chi connectivity index (χ1n) is 8.45. The molecule has 1 aromatic rings. The number of allylic oxidation sites excluding steroid dienone is 1. The smallest absolute Gasteiger partial charge is 0.261 e. The standard InChI is InChI=1S/C20H21N3O/c1-5-13-9-20(4,6-2)23-18-15(13)7-12(3)8-16(18)17(19(23)24)14(10-21)11-22/h7-8,13H,5-6,9H2,1-4H3/t13-,20-/m1/s1. The van der Waals surface area contributed by atoms with Crippen LogP contribution < -0.4 is 4.90 Å². The third kappa shape index (κ3) is 2.00. The van der Waals surface area contributed by atoms with E-state index in [2.05, 4.69) is 26.8 Å². The van der Waals surface area contributed by atoms with Gasteiger partial charge >= 0.3 is 0 Å². The number of aryl methyl sites for hydroxylation is 1. The van der Waals surface area contributed by atoms with Crippen LogP contribution in [0.2, 0.25) is 0 Å². The molecule has 0 saturated carbocycles. The van der Waals surface area contributed by atoms with E-state index in [1.165, 1.54) is 5.56 Å². The van der Waals surface area contributed by atoms with Crippen molar-refractivity contribution in [3.63, 3.8) is 0 Å². The molecule has 0 radical (unpaired) electrons. The Bertz CT molecular complexity index is 837. The molecule has 1 amide bonds. The van der Waals surface area contributed by atoms with Gasteiger partial charge in [-0.25, -0.2) is 0 Å². The number of nitriles is 2. The Hall–Kier alpha value is -2.59. The molecular weight excluding hydrogens is 298 g/mol. The SMILES string of the molecule is CC[C@@H]1C[C@@](C)(CC)N2C(=O)C(=C(C#N)C#N)c3cc(C)cc1c32. The Labute approximate surface area is 143 Å². The van der Waals surface area contributed by atoms with E-state index < -0.39 is 0 Å². The van der Waals surface area contributed by atoms with Gasteiger partial charge in [0.05, 0.1) is 11.3 Å². The van der Waals surface area contributed by atoms with Crippen molar-refractivity contribution >= 4 is 17.2 Å². The van der Waals surface area contributed by atoms with Gasteiger partial charge in [-0.05, 0) is 50.7 Å². The predicted molar refractivity (Wildman–Crippen MR) is 93.2 cm³/mol. The molecular formula is C20H21N3O. The number of amides is 1. The number of rotatable bonds is 2. The molecule has 4 nitrogen and oxygen atoms in total. The van der Waals surface area contributed by atoms with Gasteiger partial charge < -0.3 is 4.90 Å². The van der Waals surface area contributed by atoms with Gasteiger partial charge in [0.2, 0.25) is 0 Å². The van der Waals surface area contributed by atoms with Gasteiger partial charge in [-0.3, -0.25) is 4.79 Å². The summed E-state index contributed by atoms with van der Waals surface area (Å²) < 4.78 is 0. The van der Waals surface area contributed by atoms with E-state index in [4.69, 9.17) is 0 Å². The second kappa shape index (κ2) is 5.49. The molecule has 0 spiro atoms. The zero-order chi connectivity index (χ0) is 17.6. The van der Waals surface area contributed by atoms with Gasteiger partial charge in [-0.15, -0.1) is 0 Å². The third-order valence-electron chi connectivity index (χ3n) is 5.59. The predicted octanol–water partition coefficient (Wildman–Crippen LogP) is 4.21. The van der Waals surface area contributed by atoms with Crippen LogP contribution in [0.15, 0.2) is 17.7 Å². The molecule has 1 aromatic carbocycles. The summed E-state index contributed by atoms with van der Waals surface area (Å²) in [6.07, 6.45) is 2.75. The highest BCUT2D eigenvalue weighted by Crippen LogP contribution is 2.54. The highest BCUT2D eigenvalue weighted by molar-refractivity contribution is 6.35. The van der Waals surface area contributed by atoms with Crippen LogP contribution in [0.25, 0.3) is 5.57 Å². The van der Waals surface area contributed by atoms with E-state index in [9.17, 15) is 15.3 Å². The Kier molecular flexibility index (Phi) is 3.73. The maximum absolute atomic E-state index is 13.2. The number of hydrogen-bond acceptors (Lipinski definition) is 3. The molecule has 2 aliphatic rings. The fourth-order valence-electron chi connectivity index (χ4n) is 4.18. The lowest BCUT2D eigenvalue weighted by Gasteiger charge is -2.46. The van der Waals surface area contributed by atoms with Gasteiger partial charge in [0.1, 0.15) is 17.7 Å². The summed E-state index contributed by atoms with van der Waals surface area (Å²) in [6, 6.07) is 7.92. The quantitative estimate of drug-likeness (QED) is 0.606. The van der Waals surface area contributed by atoms with Gasteiger partial charge in [0.25, 0.3) is 5.91 Å². The maximum Gasteiger partial charge on any atom is 0.261 e. The summed E-state index contributed by atoms with van der Waals surface area (Å²) in [4.78, 5) is 15.0. The lowest BCUT2D eigenvalue weighted by Crippen LogP contribution is -2.51. The summed E-state index contributed by atoms with van der Waals surface area (Å²) >= 11 is 0. The summed E-state index contributed by atoms with van der Waals surface area (Å²) in [5, 5.41) is 18.7. The first-order valence-corrected chi connectivity index (χ1v) is 8.45. The van der Waals surface area contributed by atoms with E-state index in [0.717, 1.165) is 36.1 Å². The minimum absolute atomic E-state index is 0.0892. The number of anilines is 1. The van der Waals surface area contributed by atoms with Crippen LogP contribution in [-0.2, 0) is 4.79 Å². The molecule has 0 aromatic heterocycles. The van der Waals surface area contributed by atoms with Crippen molar-refractivity contribution < 1.29 is 4.79 Å². The summed E-state index contributed by atoms with van der Waals surface area (Å²) in [6.45, 7) is 8.38. The molecule has 2 aliphatic heterocycles. The molecule has 122 valence electrons. The fourth-order valence-corrected chi connectivity index (χ4v) is 4.18. The van der Waals surface area contributed by atoms with Crippen LogP contribution >= 0.6 is 0 Å². The zero-order valence-corrected chi connectivity index (χ0v) is 14.6. The Balaban J connectivity index is 2.42. The van der Waals surface area contributed by atoms with Gasteiger partial charge in [0, 0.05) is 11.1 Å². The van der Waals surface area contributed by atoms with Gasteiger partial charge in [-0.2, -0.15) is 10.5 Å². The molecule has 4 heteroatoms. The molecule has 2 atom stereocenters. The minimum atomic E-state index is -0.285. The molecule has 3 rings (SSSR count). The topological polar surface area (TPSA) is 67.9 Å². The summed E-state index contributed by atoms with van der Waals surface area (Å²) in [5.74, 6) is 0.188. The normalized spacial score (nSPS) is 24.4. The van der Waals surface area contributed by atoms with E-state index in [-0.39, 0.29) is 22.6 Å². The molecule has 0 bridgehead atoms. The average Bonchev–Trinajstić information content (AvgIpc) is 2.86. The largest absolute Gasteiger partial charge is 0.302 e. The van der Waals surface area contributed by atoms with Crippen molar-refractivity contribution in [2.24, 2.45) is 0 Å². The van der Waals surface area contributed by atoms with E-state index >= 15 is 0 Å². The van der Waals surface area contributed by atoms with Crippen LogP contribution in [0.1, 0.15) is 62.6 Å². The van der Waals surface area contributed by atoms with Crippen molar-refractivity contribution in [2.45, 2.75) is 58.4 Å². The summed E-state index contributed by atoms with van der Waals surface area (Å²) in [5.41, 5.74) is 3.82. The molecule has 0 aliphatic carbocycles. The molecule has 0 fully saturated rings. The molecule has 2 heterocycles. The monoisotopic (exact) mass is 319 g/mol. The number of carbonyl (C=O) groups excluding carboxylic acids is 1. The number of benzene rings is 1. The third-order valence-corrected chi connectivity index (χ3v) is 5.59. The average molecular weight is 319 g/mol. The van der Waals surface area contributed by atoms with Crippen molar-refractivity contribution in [1.29, 1.82) is 10.5 Å². The fraction of sp³-hybridized carbons (Fsp3) is 0.450. The number of hydrogen-bond donors (Lipinski definition) is 0. The lowest BCUT2D eigenvalue weighted by atomic mass is 9.75. The molecule has 0 saturated heterocycles. The Morgan fingerprint density at radius 1 is 1.33 bits per heavy atom. The highest BCUT2D eigenvalue weighted by Gasteiger charge is 2.49. The van der Waals surface area contributed by atoms with Crippen molar-refractivity contribution in [2.75, 3.05) is 4.90 Å². The molecule has 0 N–H and O–H groups in total. The van der Waals surface area contributed by atoms with Crippen LogP contribution in [0.4, 0.5) is 5.69 Å². The van der Waals surface area contributed by atoms with Crippen LogP contribution in [0.5, 0.6) is 0 Å². The second-order valence-electron chi connectivity index (χ2n) is 7.02. The minimum Gasteiger partial charge on any atom is -0.302 e. The van der Waals surface area contributed by atoms with Gasteiger partial charge in [-0.1, -0.05) is 25.5 Å². The Morgan fingerprint density at radius 2 is 2.00 bits per heavy atom. The van der Waals surface area contributed by atoms with E-state index in [1.807, 2.05) is 30.0 Å². The Morgan fingerprint density at radius 3 is 2.54 bits per heavy atom. The van der Waals surface area contributed by atoms with Crippen LogP contribution in [0, 0.1) is 29.6 Å². The number of nitrogens with zero attached hydrogens (tertiary/aromatic N) is 3. The lowest BCUT2D eigenvalue weighted by molar-refractivity contribution is -0.114. The molecule has 24 heavy (non-hydrogen) atoms. The highest BCUT2D eigenvalue weighted by atomic mass is 16.2. The van der Waals surface area contributed by atoms with E-state index in [1.54, 1.807) is 0 Å². The molecule has 0 unspecified atom stereocenters. The van der Waals surface area contributed by atoms with Crippen molar-refractivity contribution in [1.82, 2.24) is 0 Å². The first-order chi connectivity index (χ1) is 11.4. The zero-order valence-electron chi connectivity index (χ0n) is 14.6. The van der Waals surface area contributed by atoms with E-state index in [0.29, 0.717) is 5.92 Å². The summed E-state index contributed by atoms with van der Waals surface area (Å²) in [7, 11) is 0. The second-order valence-corrected chi connectivity index (χ2v) is 7.02.